The van der Waals surface area contributed by atoms with Gasteiger partial charge >= 0.3 is 5.63 Å². The molecule has 1 saturated heterocycles. The minimum atomic E-state index is -0.385. The Kier molecular flexibility index (Phi) is 4.75. The molecular weight excluding hydrogens is 398 g/mol. The van der Waals surface area contributed by atoms with E-state index >= 15 is 0 Å². The third kappa shape index (κ3) is 3.36. The molecule has 154 valence electrons. The summed E-state index contributed by atoms with van der Waals surface area (Å²) in [5, 5.41) is 5.24. The quantitative estimate of drug-likeness (QED) is 0.401. The minimum Gasteiger partial charge on any atom is -0.422 e. The number of fused-ring (bicyclic) bond motifs is 2. The SMILES string of the molecule is CSc1nccn2cc(-c3cc4ccc(N5CC(C)NC(C)C5)cc4oc3=O)nc12. The predicted octanol–water partition coefficient (Wildman–Crippen LogP) is 3.41. The molecule has 3 aromatic heterocycles. The standard InChI is InChI=1S/C22H23N5O2S/c1-13-10-27(11-14(2)24-13)16-5-4-15-8-17(22(28)29-19(15)9-16)18-12-26-7-6-23-21(30-3)20(26)25-18/h4-9,12-14,24H,10-11H2,1-3H3. The summed E-state index contributed by atoms with van der Waals surface area (Å²) in [5.41, 5.74) is 3.05. The van der Waals surface area contributed by atoms with E-state index in [0.717, 1.165) is 34.8 Å². The van der Waals surface area contributed by atoms with Crippen LogP contribution >= 0.6 is 11.8 Å². The van der Waals surface area contributed by atoms with Crippen molar-refractivity contribution in [1.29, 1.82) is 0 Å². The third-order valence-corrected chi connectivity index (χ3v) is 6.13. The van der Waals surface area contributed by atoms with Crippen LogP contribution in [0.2, 0.25) is 0 Å². The van der Waals surface area contributed by atoms with Crippen molar-refractivity contribution in [2.75, 3.05) is 24.2 Å². The number of nitrogens with one attached hydrogen (secondary N) is 1. The Morgan fingerprint density at radius 1 is 1.20 bits per heavy atom. The molecule has 4 heterocycles. The molecular formula is C22H23N5O2S. The minimum absolute atomic E-state index is 0.385. The fraction of sp³-hybridized carbons (Fsp3) is 0.318. The number of hydrogen-bond acceptors (Lipinski definition) is 7. The predicted molar refractivity (Wildman–Crippen MR) is 121 cm³/mol. The van der Waals surface area contributed by atoms with Crippen molar-refractivity contribution >= 4 is 34.1 Å². The molecule has 0 saturated carbocycles. The van der Waals surface area contributed by atoms with Crippen LogP contribution in [0.3, 0.4) is 0 Å². The normalized spacial score (nSPS) is 19.6. The highest BCUT2D eigenvalue weighted by molar-refractivity contribution is 7.98. The maximum atomic E-state index is 12.8. The monoisotopic (exact) mass is 421 g/mol. The lowest BCUT2D eigenvalue weighted by Crippen LogP contribution is -2.54. The van der Waals surface area contributed by atoms with Crippen LogP contribution in [-0.2, 0) is 0 Å². The van der Waals surface area contributed by atoms with Gasteiger partial charge in [0.25, 0.3) is 0 Å². The average molecular weight is 422 g/mol. The zero-order valence-corrected chi connectivity index (χ0v) is 17.9. The number of thioether (sulfide) groups is 1. The van der Waals surface area contributed by atoms with Crippen LogP contribution in [0.5, 0.6) is 0 Å². The summed E-state index contributed by atoms with van der Waals surface area (Å²) < 4.78 is 7.60. The van der Waals surface area contributed by atoms with E-state index in [0.29, 0.717) is 28.9 Å². The maximum Gasteiger partial charge on any atom is 0.345 e. The van der Waals surface area contributed by atoms with Crippen LogP contribution in [0.25, 0.3) is 27.9 Å². The summed E-state index contributed by atoms with van der Waals surface area (Å²) in [4.78, 5) is 24.1. The number of nitrogens with zero attached hydrogens (tertiary/aromatic N) is 4. The van der Waals surface area contributed by atoms with E-state index in [-0.39, 0.29) is 5.63 Å². The number of anilines is 1. The van der Waals surface area contributed by atoms with Gasteiger partial charge in [-0.05, 0) is 38.3 Å². The van der Waals surface area contributed by atoms with Crippen LogP contribution in [0.1, 0.15) is 13.8 Å². The van der Waals surface area contributed by atoms with Crippen molar-refractivity contribution < 1.29 is 4.42 Å². The fourth-order valence-electron chi connectivity index (χ4n) is 4.18. The van der Waals surface area contributed by atoms with Crippen molar-refractivity contribution in [1.82, 2.24) is 19.7 Å². The van der Waals surface area contributed by atoms with Gasteiger partial charge in [-0.2, -0.15) is 0 Å². The molecule has 0 amide bonds. The number of piperazine rings is 1. The van der Waals surface area contributed by atoms with E-state index in [4.69, 9.17) is 4.42 Å². The molecule has 0 bridgehead atoms. The Morgan fingerprint density at radius 3 is 2.77 bits per heavy atom. The van der Waals surface area contributed by atoms with Crippen LogP contribution in [0.4, 0.5) is 5.69 Å². The van der Waals surface area contributed by atoms with E-state index in [1.807, 2.05) is 41.2 Å². The van der Waals surface area contributed by atoms with Gasteiger partial charge in [-0.15, -0.1) is 11.8 Å². The van der Waals surface area contributed by atoms with Gasteiger partial charge in [-0.3, -0.25) is 0 Å². The van der Waals surface area contributed by atoms with Crippen LogP contribution < -0.4 is 15.8 Å². The molecule has 1 N–H and O–H groups in total. The highest BCUT2D eigenvalue weighted by Gasteiger charge is 2.22. The van der Waals surface area contributed by atoms with Gasteiger partial charge in [-0.1, -0.05) is 0 Å². The van der Waals surface area contributed by atoms with Crippen molar-refractivity contribution in [3.63, 3.8) is 0 Å². The summed E-state index contributed by atoms with van der Waals surface area (Å²) in [6, 6.07) is 8.76. The Hall–Kier alpha value is -2.84. The Balaban J connectivity index is 1.56. The first-order chi connectivity index (χ1) is 14.5. The third-order valence-electron chi connectivity index (χ3n) is 5.45. The number of aromatic nitrogens is 3. The van der Waals surface area contributed by atoms with Gasteiger partial charge in [0.15, 0.2) is 5.65 Å². The van der Waals surface area contributed by atoms with Gasteiger partial charge in [0, 0.05) is 60.9 Å². The second kappa shape index (κ2) is 7.45. The van der Waals surface area contributed by atoms with E-state index in [1.54, 1.807) is 6.20 Å². The molecule has 2 atom stereocenters. The average Bonchev–Trinajstić information content (AvgIpc) is 3.16. The van der Waals surface area contributed by atoms with Gasteiger partial charge in [0.1, 0.15) is 10.6 Å². The Bertz CT molecular complexity index is 1290. The van der Waals surface area contributed by atoms with Crippen molar-refractivity contribution in [2.45, 2.75) is 31.0 Å². The first-order valence-corrected chi connectivity index (χ1v) is 11.2. The molecule has 1 aromatic carbocycles. The molecule has 1 fully saturated rings. The van der Waals surface area contributed by atoms with Crippen LogP contribution in [0.15, 0.2) is 57.1 Å². The lowest BCUT2D eigenvalue weighted by atomic mass is 10.1. The summed E-state index contributed by atoms with van der Waals surface area (Å²) in [6.07, 6.45) is 7.35. The summed E-state index contributed by atoms with van der Waals surface area (Å²) in [7, 11) is 0. The zero-order chi connectivity index (χ0) is 20.8. The molecule has 2 unspecified atom stereocenters. The summed E-state index contributed by atoms with van der Waals surface area (Å²) in [6.45, 7) is 6.21. The van der Waals surface area contributed by atoms with E-state index in [9.17, 15) is 4.79 Å². The zero-order valence-electron chi connectivity index (χ0n) is 17.1. The second-order valence-corrected chi connectivity index (χ2v) is 8.63. The molecule has 0 aliphatic carbocycles. The van der Waals surface area contributed by atoms with Crippen molar-refractivity contribution in [2.24, 2.45) is 0 Å². The number of benzene rings is 1. The van der Waals surface area contributed by atoms with E-state index in [2.05, 4.69) is 40.1 Å². The number of hydrogen-bond donors (Lipinski definition) is 1. The number of imidazole rings is 1. The molecule has 5 rings (SSSR count). The highest BCUT2D eigenvalue weighted by atomic mass is 32.2. The Labute approximate surface area is 178 Å². The van der Waals surface area contributed by atoms with Crippen molar-refractivity contribution in [3.8, 4) is 11.3 Å². The van der Waals surface area contributed by atoms with Crippen LogP contribution in [-0.4, -0.2) is 45.8 Å². The highest BCUT2D eigenvalue weighted by Crippen LogP contribution is 2.27. The molecule has 30 heavy (non-hydrogen) atoms. The molecule has 0 radical (unpaired) electrons. The van der Waals surface area contributed by atoms with Gasteiger partial charge in [0.2, 0.25) is 0 Å². The lowest BCUT2D eigenvalue weighted by Gasteiger charge is -2.37. The van der Waals surface area contributed by atoms with E-state index < -0.39 is 0 Å². The topological polar surface area (TPSA) is 75.7 Å². The fourth-order valence-corrected chi connectivity index (χ4v) is 4.68. The molecule has 1 aliphatic rings. The lowest BCUT2D eigenvalue weighted by molar-refractivity contribution is 0.407. The molecule has 4 aromatic rings. The Morgan fingerprint density at radius 2 is 2.00 bits per heavy atom. The summed E-state index contributed by atoms with van der Waals surface area (Å²) in [5.74, 6) is 0. The molecule has 7 nitrogen and oxygen atoms in total. The van der Waals surface area contributed by atoms with Gasteiger partial charge < -0.3 is 19.0 Å². The van der Waals surface area contributed by atoms with Crippen molar-refractivity contribution in [3.05, 3.63) is 53.3 Å². The second-order valence-electron chi connectivity index (χ2n) is 7.84. The van der Waals surface area contributed by atoms with Crippen LogP contribution in [0, 0.1) is 0 Å². The van der Waals surface area contributed by atoms with Gasteiger partial charge in [-0.25, -0.2) is 14.8 Å². The first-order valence-electron chi connectivity index (χ1n) is 9.99. The van der Waals surface area contributed by atoms with Gasteiger partial charge in [0.05, 0.1) is 11.3 Å². The molecule has 1 aliphatic heterocycles. The largest absolute Gasteiger partial charge is 0.422 e. The van der Waals surface area contributed by atoms with E-state index in [1.165, 1.54) is 11.8 Å². The smallest absolute Gasteiger partial charge is 0.345 e. The number of rotatable bonds is 3. The maximum absolute atomic E-state index is 12.8. The molecule has 0 spiro atoms. The molecule has 8 heteroatoms. The first kappa shape index (κ1) is 19.1. The summed E-state index contributed by atoms with van der Waals surface area (Å²) >= 11 is 1.52.